The summed E-state index contributed by atoms with van der Waals surface area (Å²) in [6.45, 7) is 3.86. The number of urea groups is 1. The molecule has 6 heteroatoms. The van der Waals surface area contributed by atoms with Gasteiger partial charge < -0.3 is 15.5 Å². The summed E-state index contributed by atoms with van der Waals surface area (Å²) in [5.74, 6) is -0.0463. The smallest absolute Gasteiger partial charge is 0.321 e. The molecule has 1 aliphatic heterocycles. The number of rotatable bonds is 6. The zero-order valence-corrected chi connectivity index (χ0v) is 16.8. The van der Waals surface area contributed by atoms with Crippen LogP contribution < -0.4 is 10.6 Å². The van der Waals surface area contributed by atoms with Crippen LogP contribution in [0.2, 0.25) is 0 Å². The van der Waals surface area contributed by atoms with Crippen molar-refractivity contribution in [1.82, 2.24) is 10.2 Å². The molecule has 0 aliphatic carbocycles. The van der Waals surface area contributed by atoms with Gasteiger partial charge in [-0.05, 0) is 55.9 Å². The molecular formula is C23H28FN3O2. The number of hydrogen-bond acceptors (Lipinski definition) is 2. The summed E-state index contributed by atoms with van der Waals surface area (Å²) in [6, 6.07) is 13.8. The molecule has 1 heterocycles. The summed E-state index contributed by atoms with van der Waals surface area (Å²) in [6.07, 6.45) is 3.13. The van der Waals surface area contributed by atoms with Gasteiger partial charge in [0.2, 0.25) is 5.91 Å². The third-order valence-corrected chi connectivity index (χ3v) is 5.27. The fraction of sp³-hybridized carbons (Fsp3) is 0.391. The zero-order chi connectivity index (χ0) is 20.6. The number of nitrogens with one attached hydrogen (secondary N) is 2. The molecule has 0 radical (unpaired) electrons. The van der Waals surface area contributed by atoms with Crippen molar-refractivity contribution in [2.75, 3.05) is 18.4 Å². The van der Waals surface area contributed by atoms with E-state index in [1.807, 2.05) is 31.2 Å². The lowest BCUT2D eigenvalue weighted by molar-refractivity contribution is -0.121. The van der Waals surface area contributed by atoms with Crippen molar-refractivity contribution in [1.29, 1.82) is 0 Å². The van der Waals surface area contributed by atoms with Gasteiger partial charge in [0.15, 0.2) is 0 Å². The standard InChI is InChI=1S/C23H28FN3O2/c1-17-7-9-18(10-8-17)15-25-22(28)12-11-19-4-3-13-27(16-19)23(29)26-21-6-2-5-20(24)14-21/h2,5-10,14,19H,3-4,11-13,15-16H2,1H3,(H,25,28)(H,26,29)/t19-/m1/s1. The van der Waals surface area contributed by atoms with Gasteiger partial charge in [-0.15, -0.1) is 0 Å². The monoisotopic (exact) mass is 397 g/mol. The Morgan fingerprint density at radius 2 is 1.97 bits per heavy atom. The van der Waals surface area contributed by atoms with Gasteiger partial charge in [0.05, 0.1) is 0 Å². The molecule has 0 unspecified atom stereocenters. The second kappa shape index (κ2) is 10.0. The Labute approximate surface area is 171 Å². The van der Waals surface area contributed by atoms with E-state index in [0.29, 0.717) is 37.7 Å². The molecule has 1 aliphatic rings. The maximum Gasteiger partial charge on any atom is 0.321 e. The van der Waals surface area contributed by atoms with E-state index < -0.39 is 0 Å². The van der Waals surface area contributed by atoms with Crippen LogP contribution in [0, 0.1) is 18.7 Å². The molecule has 5 nitrogen and oxygen atoms in total. The summed E-state index contributed by atoms with van der Waals surface area (Å²) in [4.78, 5) is 26.4. The Balaban J connectivity index is 1.41. The first-order valence-corrected chi connectivity index (χ1v) is 10.1. The highest BCUT2D eigenvalue weighted by atomic mass is 19.1. The molecule has 0 spiro atoms. The summed E-state index contributed by atoms with van der Waals surface area (Å²) >= 11 is 0. The number of piperidine rings is 1. The van der Waals surface area contributed by atoms with Crippen LogP contribution in [-0.4, -0.2) is 29.9 Å². The third kappa shape index (κ3) is 6.59. The summed E-state index contributed by atoms with van der Waals surface area (Å²) in [5, 5.41) is 5.71. The summed E-state index contributed by atoms with van der Waals surface area (Å²) in [7, 11) is 0. The lowest BCUT2D eigenvalue weighted by Gasteiger charge is -2.32. The number of nitrogens with zero attached hydrogens (tertiary/aromatic N) is 1. The molecule has 2 aromatic carbocycles. The average Bonchev–Trinajstić information content (AvgIpc) is 2.72. The molecule has 1 atom stereocenters. The number of carbonyl (C=O) groups excluding carboxylic acids is 2. The van der Waals surface area contributed by atoms with E-state index in [0.717, 1.165) is 24.8 Å². The Hall–Kier alpha value is -2.89. The first-order chi connectivity index (χ1) is 14.0. The Morgan fingerprint density at radius 3 is 2.72 bits per heavy atom. The maximum absolute atomic E-state index is 13.3. The fourth-order valence-corrected chi connectivity index (χ4v) is 3.58. The normalized spacial score (nSPS) is 16.3. The van der Waals surface area contributed by atoms with Gasteiger partial charge in [0.1, 0.15) is 5.82 Å². The van der Waals surface area contributed by atoms with Gasteiger partial charge in [-0.1, -0.05) is 35.9 Å². The lowest BCUT2D eigenvalue weighted by Crippen LogP contribution is -2.42. The van der Waals surface area contributed by atoms with Gasteiger partial charge in [-0.2, -0.15) is 0 Å². The highest BCUT2D eigenvalue weighted by Gasteiger charge is 2.24. The molecule has 2 N–H and O–H groups in total. The van der Waals surface area contributed by atoms with Gasteiger partial charge in [-0.25, -0.2) is 9.18 Å². The van der Waals surface area contributed by atoms with Crippen molar-refractivity contribution in [3.63, 3.8) is 0 Å². The second-order valence-corrected chi connectivity index (χ2v) is 7.70. The van der Waals surface area contributed by atoms with E-state index in [2.05, 4.69) is 10.6 Å². The van der Waals surface area contributed by atoms with Crippen molar-refractivity contribution in [3.8, 4) is 0 Å². The molecular weight excluding hydrogens is 369 g/mol. The van der Waals surface area contributed by atoms with Gasteiger partial charge in [0, 0.05) is 31.7 Å². The Bertz CT molecular complexity index is 838. The molecule has 154 valence electrons. The van der Waals surface area contributed by atoms with E-state index in [4.69, 9.17) is 0 Å². The average molecular weight is 397 g/mol. The van der Waals surface area contributed by atoms with Crippen LogP contribution in [0.5, 0.6) is 0 Å². The number of halogens is 1. The summed E-state index contributed by atoms with van der Waals surface area (Å²) in [5.41, 5.74) is 2.73. The number of anilines is 1. The predicted octanol–water partition coefficient (Wildman–Crippen LogP) is 4.47. The van der Waals surface area contributed by atoms with Crippen molar-refractivity contribution in [2.45, 2.75) is 39.2 Å². The number of carbonyl (C=O) groups is 2. The highest BCUT2D eigenvalue weighted by Crippen LogP contribution is 2.22. The topological polar surface area (TPSA) is 61.4 Å². The lowest BCUT2D eigenvalue weighted by atomic mass is 9.93. The first-order valence-electron chi connectivity index (χ1n) is 10.1. The van der Waals surface area contributed by atoms with Gasteiger partial charge >= 0.3 is 6.03 Å². The summed E-state index contributed by atoms with van der Waals surface area (Å²) < 4.78 is 13.3. The van der Waals surface area contributed by atoms with Crippen LogP contribution in [0.4, 0.5) is 14.9 Å². The molecule has 1 saturated heterocycles. The molecule has 0 bridgehead atoms. The minimum atomic E-state index is -0.379. The molecule has 0 saturated carbocycles. The van der Waals surface area contributed by atoms with Crippen molar-refractivity contribution in [2.24, 2.45) is 5.92 Å². The molecule has 3 rings (SSSR count). The minimum absolute atomic E-state index is 0.0342. The zero-order valence-electron chi connectivity index (χ0n) is 16.8. The van der Waals surface area contributed by atoms with Crippen molar-refractivity contribution in [3.05, 3.63) is 65.5 Å². The van der Waals surface area contributed by atoms with Crippen LogP contribution in [-0.2, 0) is 11.3 Å². The van der Waals surface area contributed by atoms with E-state index in [1.165, 1.54) is 17.7 Å². The van der Waals surface area contributed by atoms with E-state index in [-0.39, 0.29) is 17.8 Å². The quantitative estimate of drug-likeness (QED) is 0.755. The number of hydrogen-bond donors (Lipinski definition) is 2. The Morgan fingerprint density at radius 1 is 1.17 bits per heavy atom. The largest absolute Gasteiger partial charge is 0.352 e. The predicted molar refractivity (Wildman–Crippen MR) is 112 cm³/mol. The van der Waals surface area contributed by atoms with Gasteiger partial charge in [-0.3, -0.25) is 4.79 Å². The minimum Gasteiger partial charge on any atom is -0.352 e. The van der Waals surface area contributed by atoms with E-state index >= 15 is 0 Å². The first kappa shape index (κ1) is 20.8. The molecule has 1 fully saturated rings. The molecule has 29 heavy (non-hydrogen) atoms. The number of amides is 3. The SMILES string of the molecule is Cc1ccc(CNC(=O)CC[C@H]2CCCN(C(=O)Nc3cccc(F)c3)C2)cc1. The van der Waals surface area contributed by atoms with Crippen LogP contribution in [0.3, 0.4) is 0 Å². The van der Waals surface area contributed by atoms with Crippen LogP contribution >= 0.6 is 0 Å². The Kier molecular flexibility index (Phi) is 7.22. The molecule has 2 aromatic rings. The highest BCUT2D eigenvalue weighted by molar-refractivity contribution is 5.89. The second-order valence-electron chi connectivity index (χ2n) is 7.70. The van der Waals surface area contributed by atoms with Gasteiger partial charge in [0.25, 0.3) is 0 Å². The number of likely N-dealkylation sites (tertiary alicyclic amines) is 1. The van der Waals surface area contributed by atoms with Crippen molar-refractivity contribution >= 4 is 17.6 Å². The fourth-order valence-electron chi connectivity index (χ4n) is 3.58. The van der Waals surface area contributed by atoms with Crippen LogP contribution in [0.25, 0.3) is 0 Å². The number of aryl methyl sites for hydroxylation is 1. The van der Waals surface area contributed by atoms with E-state index in [9.17, 15) is 14.0 Å². The van der Waals surface area contributed by atoms with Crippen LogP contribution in [0.1, 0.15) is 36.8 Å². The molecule has 0 aromatic heterocycles. The molecule has 3 amide bonds. The maximum atomic E-state index is 13.3. The van der Waals surface area contributed by atoms with E-state index in [1.54, 1.807) is 17.0 Å². The number of benzene rings is 2. The third-order valence-electron chi connectivity index (χ3n) is 5.27. The van der Waals surface area contributed by atoms with Crippen LogP contribution in [0.15, 0.2) is 48.5 Å². The van der Waals surface area contributed by atoms with Crippen molar-refractivity contribution < 1.29 is 14.0 Å².